The molecule has 4 heteroatoms. The number of hydrogen-bond donors (Lipinski definition) is 1. The van der Waals surface area contributed by atoms with Crippen LogP contribution in [0.25, 0.3) is 0 Å². The predicted octanol–water partition coefficient (Wildman–Crippen LogP) is 3.27. The average Bonchev–Trinajstić information content (AvgIpc) is 2.11. The first-order valence-electron chi connectivity index (χ1n) is 5.61. The molecule has 0 heterocycles. The summed E-state index contributed by atoms with van der Waals surface area (Å²) < 4.78 is 19.5. The van der Waals surface area contributed by atoms with Crippen molar-refractivity contribution in [1.29, 1.82) is 0 Å². The highest BCUT2D eigenvalue weighted by atomic mass is 79.9. The van der Waals surface area contributed by atoms with Crippen LogP contribution in [0.5, 0.6) is 0 Å². The van der Waals surface area contributed by atoms with E-state index in [9.17, 15) is 4.39 Å². The fourth-order valence-corrected chi connectivity index (χ4v) is 1.96. The number of halogens is 2. The lowest BCUT2D eigenvalue weighted by molar-refractivity contribution is -0.00984. The molecule has 1 aromatic carbocycles. The Hall–Kier alpha value is -0.450. The minimum Gasteiger partial charge on any atom is -0.374 e. The molecule has 0 radical (unpaired) electrons. The summed E-state index contributed by atoms with van der Waals surface area (Å²) in [4.78, 5) is 0. The minimum atomic E-state index is -0.252. The van der Waals surface area contributed by atoms with Crippen LogP contribution in [0.3, 0.4) is 0 Å². The number of nitrogens with two attached hydrogens (primary N) is 1. The van der Waals surface area contributed by atoms with Crippen LogP contribution in [0.2, 0.25) is 0 Å². The molecule has 0 aromatic heterocycles. The van der Waals surface area contributed by atoms with Crippen LogP contribution in [-0.4, -0.2) is 18.2 Å². The molecular weight excluding hydrogens is 285 g/mol. The van der Waals surface area contributed by atoms with E-state index in [1.165, 1.54) is 12.1 Å². The summed E-state index contributed by atoms with van der Waals surface area (Å²) in [6, 6.07) is 4.69. The van der Waals surface area contributed by atoms with Gasteiger partial charge >= 0.3 is 0 Å². The summed E-state index contributed by atoms with van der Waals surface area (Å²) in [6.07, 6.45) is 0.604. The molecule has 96 valence electrons. The highest BCUT2D eigenvalue weighted by Crippen LogP contribution is 2.16. The van der Waals surface area contributed by atoms with Crippen LogP contribution in [0.4, 0.5) is 4.39 Å². The van der Waals surface area contributed by atoms with Gasteiger partial charge in [0.1, 0.15) is 5.82 Å². The monoisotopic (exact) mass is 303 g/mol. The lowest BCUT2D eigenvalue weighted by Crippen LogP contribution is -2.33. The zero-order valence-corrected chi connectivity index (χ0v) is 12.1. The SMILES string of the molecule is CC(C)(C)OCC(N)Cc1cc(F)cc(Br)c1. The van der Waals surface area contributed by atoms with Gasteiger partial charge in [-0.15, -0.1) is 0 Å². The lowest BCUT2D eigenvalue weighted by Gasteiger charge is -2.22. The Morgan fingerprint density at radius 2 is 2.00 bits per heavy atom. The van der Waals surface area contributed by atoms with Crippen LogP contribution >= 0.6 is 15.9 Å². The van der Waals surface area contributed by atoms with Crippen LogP contribution in [0.15, 0.2) is 22.7 Å². The molecule has 0 amide bonds. The second kappa shape index (κ2) is 5.94. The molecule has 0 aliphatic rings. The van der Waals surface area contributed by atoms with Gasteiger partial charge in [-0.3, -0.25) is 0 Å². The predicted molar refractivity (Wildman–Crippen MR) is 71.5 cm³/mol. The molecule has 2 N–H and O–H groups in total. The van der Waals surface area contributed by atoms with Gasteiger partial charge < -0.3 is 10.5 Å². The third-order valence-corrected chi connectivity index (χ3v) is 2.61. The number of ether oxygens (including phenoxy) is 1. The van der Waals surface area contributed by atoms with Crippen LogP contribution in [0, 0.1) is 5.82 Å². The van der Waals surface area contributed by atoms with Crippen molar-refractivity contribution in [2.75, 3.05) is 6.61 Å². The molecule has 0 aliphatic heterocycles. The Morgan fingerprint density at radius 3 is 2.53 bits per heavy atom. The molecule has 0 saturated heterocycles. The Labute approximate surface area is 110 Å². The quantitative estimate of drug-likeness (QED) is 0.926. The molecule has 0 spiro atoms. The van der Waals surface area contributed by atoms with Crippen molar-refractivity contribution in [3.63, 3.8) is 0 Å². The molecule has 0 saturated carbocycles. The van der Waals surface area contributed by atoms with Crippen molar-refractivity contribution in [2.45, 2.75) is 38.8 Å². The topological polar surface area (TPSA) is 35.2 Å². The summed E-state index contributed by atoms with van der Waals surface area (Å²) >= 11 is 3.26. The largest absolute Gasteiger partial charge is 0.374 e. The Balaban J connectivity index is 2.53. The molecule has 1 aromatic rings. The van der Waals surface area contributed by atoms with Crippen LogP contribution in [-0.2, 0) is 11.2 Å². The van der Waals surface area contributed by atoms with Crippen molar-refractivity contribution < 1.29 is 9.13 Å². The Morgan fingerprint density at radius 1 is 1.35 bits per heavy atom. The molecule has 2 nitrogen and oxygen atoms in total. The fourth-order valence-electron chi connectivity index (χ4n) is 1.45. The molecule has 1 atom stereocenters. The second-order valence-corrected chi connectivity index (χ2v) is 6.08. The van der Waals surface area contributed by atoms with Gasteiger partial charge in [0.05, 0.1) is 12.2 Å². The van der Waals surface area contributed by atoms with Crippen LogP contribution in [0.1, 0.15) is 26.3 Å². The second-order valence-electron chi connectivity index (χ2n) is 5.17. The Kier molecular flexibility index (Phi) is 5.10. The first-order chi connectivity index (χ1) is 7.76. The minimum absolute atomic E-state index is 0.122. The van der Waals surface area contributed by atoms with Crippen molar-refractivity contribution in [3.8, 4) is 0 Å². The van der Waals surface area contributed by atoms with E-state index in [0.29, 0.717) is 13.0 Å². The molecule has 17 heavy (non-hydrogen) atoms. The highest BCUT2D eigenvalue weighted by Gasteiger charge is 2.13. The van der Waals surface area contributed by atoms with Crippen molar-refractivity contribution in [1.82, 2.24) is 0 Å². The summed E-state index contributed by atoms with van der Waals surface area (Å²) in [5.74, 6) is -0.252. The van der Waals surface area contributed by atoms with E-state index in [1.807, 2.05) is 26.8 Å². The fraction of sp³-hybridized carbons (Fsp3) is 0.538. The van der Waals surface area contributed by atoms with Crippen molar-refractivity contribution >= 4 is 15.9 Å². The molecular formula is C13H19BrFNO. The summed E-state index contributed by atoms with van der Waals surface area (Å²) in [6.45, 7) is 6.42. The van der Waals surface area contributed by atoms with Gasteiger partial charge in [-0.25, -0.2) is 4.39 Å². The summed E-state index contributed by atoms with van der Waals surface area (Å²) in [7, 11) is 0. The van der Waals surface area contributed by atoms with E-state index < -0.39 is 0 Å². The molecule has 0 fully saturated rings. The molecule has 1 unspecified atom stereocenters. The number of rotatable bonds is 4. The van der Waals surface area contributed by atoms with E-state index in [-0.39, 0.29) is 17.5 Å². The van der Waals surface area contributed by atoms with E-state index in [2.05, 4.69) is 15.9 Å². The van der Waals surface area contributed by atoms with Gasteiger partial charge in [-0.05, 0) is 51.0 Å². The summed E-state index contributed by atoms with van der Waals surface area (Å²) in [5.41, 5.74) is 6.63. The lowest BCUT2D eigenvalue weighted by atomic mass is 10.1. The Bertz CT molecular complexity index is 356. The van der Waals surface area contributed by atoms with Gasteiger partial charge in [0.15, 0.2) is 0 Å². The number of benzene rings is 1. The smallest absolute Gasteiger partial charge is 0.124 e. The van der Waals surface area contributed by atoms with Crippen molar-refractivity contribution in [2.24, 2.45) is 5.73 Å². The zero-order valence-electron chi connectivity index (χ0n) is 10.5. The molecule has 0 bridgehead atoms. The van der Waals surface area contributed by atoms with Gasteiger partial charge in [0, 0.05) is 10.5 Å². The third-order valence-electron chi connectivity index (χ3n) is 2.15. The van der Waals surface area contributed by atoms with Gasteiger partial charge in [0.25, 0.3) is 0 Å². The van der Waals surface area contributed by atoms with E-state index in [1.54, 1.807) is 0 Å². The summed E-state index contributed by atoms with van der Waals surface area (Å²) in [5, 5.41) is 0. The van der Waals surface area contributed by atoms with Gasteiger partial charge in [-0.1, -0.05) is 15.9 Å². The standard InChI is InChI=1S/C13H19BrFNO/c1-13(2,3)17-8-12(16)6-9-4-10(14)7-11(15)5-9/h4-5,7,12H,6,8,16H2,1-3H3. The normalized spacial score (nSPS) is 13.8. The van der Waals surface area contributed by atoms with Gasteiger partial charge in [0.2, 0.25) is 0 Å². The maximum absolute atomic E-state index is 13.2. The van der Waals surface area contributed by atoms with Crippen molar-refractivity contribution in [3.05, 3.63) is 34.1 Å². The highest BCUT2D eigenvalue weighted by molar-refractivity contribution is 9.10. The van der Waals surface area contributed by atoms with E-state index in [4.69, 9.17) is 10.5 Å². The first kappa shape index (κ1) is 14.6. The zero-order chi connectivity index (χ0) is 13.1. The number of hydrogen-bond acceptors (Lipinski definition) is 2. The van der Waals surface area contributed by atoms with E-state index >= 15 is 0 Å². The van der Waals surface area contributed by atoms with E-state index in [0.717, 1.165) is 10.0 Å². The third kappa shape index (κ3) is 6.15. The maximum Gasteiger partial charge on any atom is 0.124 e. The maximum atomic E-state index is 13.2. The average molecular weight is 304 g/mol. The molecule has 0 aliphatic carbocycles. The van der Waals surface area contributed by atoms with Gasteiger partial charge in [-0.2, -0.15) is 0 Å². The van der Waals surface area contributed by atoms with Crippen LogP contribution < -0.4 is 5.73 Å². The molecule has 1 rings (SSSR count). The first-order valence-corrected chi connectivity index (χ1v) is 6.40.